The van der Waals surface area contributed by atoms with E-state index < -0.39 is 16.1 Å². The van der Waals surface area contributed by atoms with Gasteiger partial charge in [0.15, 0.2) is 6.10 Å². The van der Waals surface area contributed by atoms with Crippen molar-refractivity contribution in [2.24, 2.45) is 0 Å². The first-order chi connectivity index (χ1) is 14.5. The molecule has 8 heteroatoms. The number of sulfonamides is 1. The number of carbonyl (C=O) groups excluding carboxylic acids is 1. The standard InChI is InChI=1S/C22H27N3O4S/c1-2-30(27,28)25-17-21(29-20-11-7-6-10-19(20)25)22(26)24-14-12-23(13-15-24)16-18-8-4-3-5-9-18/h3-11,21H,2,12-17H2,1H3/t21-/m1/s1. The average Bonchev–Trinajstić information content (AvgIpc) is 2.79. The van der Waals surface area contributed by atoms with Gasteiger partial charge < -0.3 is 9.64 Å². The van der Waals surface area contributed by atoms with E-state index in [0.29, 0.717) is 24.5 Å². The van der Waals surface area contributed by atoms with Gasteiger partial charge in [0.05, 0.1) is 18.0 Å². The zero-order valence-corrected chi connectivity index (χ0v) is 17.9. The Hall–Kier alpha value is -2.58. The Labute approximate surface area is 177 Å². The van der Waals surface area contributed by atoms with Gasteiger partial charge in [0.25, 0.3) is 5.91 Å². The third kappa shape index (κ3) is 4.29. The van der Waals surface area contributed by atoms with Crippen molar-refractivity contribution in [2.75, 3.05) is 42.8 Å². The van der Waals surface area contributed by atoms with Crippen molar-refractivity contribution in [3.63, 3.8) is 0 Å². The van der Waals surface area contributed by atoms with Crippen LogP contribution in [0.4, 0.5) is 5.69 Å². The average molecular weight is 430 g/mol. The van der Waals surface area contributed by atoms with E-state index in [-0.39, 0.29) is 18.2 Å². The summed E-state index contributed by atoms with van der Waals surface area (Å²) in [4.78, 5) is 17.3. The number of benzene rings is 2. The molecule has 0 unspecified atom stereocenters. The van der Waals surface area contributed by atoms with Crippen molar-refractivity contribution in [1.29, 1.82) is 0 Å². The van der Waals surface area contributed by atoms with Crippen LogP contribution in [0.1, 0.15) is 12.5 Å². The zero-order chi connectivity index (χ0) is 21.1. The molecule has 1 saturated heterocycles. The van der Waals surface area contributed by atoms with Crippen LogP contribution in [-0.4, -0.2) is 68.7 Å². The Morgan fingerprint density at radius 3 is 2.37 bits per heavy atom. The lowest BCUT2D eigenvalue weighted by Gasteiger charge is -2.39. The number of rotatable bonds is 5. The fraction of sp³-hybridized carbons (Fsp3) is 0.409. The summed E-state index contributed by atoms with van der Waals surface area (Å²) in [5.74, 6) is 0.252. The number of amides is 1. The number of carbonyl (C=O) groups is 1. The Morgan fingerprint density at radius 1 is 1.00 bits per heavy atom. The van der Waals surface area contributed by atoms with Gasteiger partial charge in [-0.25, -0.2) is 8.42 Å². The van der Waals surface area contributed by atoms with Gasteiger partial charge in [-0.2, -0.15) is 0 Å². The molecule has 2 aliphatic rings. The molecule has 30 heavy (non-hydrogen) atoms. The maximum Gasteiger partial charge on any atom is 0.265 e. The highest BCUT2D eigenvalue weighted by Crippen LogP contribution is 2.35. The van der Waals surface area contributed by atoms with Crippen molar-refractivity contribution in [2.45, 2.75) is 19.6 Å². The lowest BCUT2D eigenvalue weighted by Crippen LogP contribution is -2.56. The lowest BCUT2D eigenvalue weighted by molar-refractivity contribution is -0.140. The zero-order valence-electron chi connectivity index (χ0n) is 17.1. The number of ether oxygens (including phenoxy) is 1. The van der Waals surface area contributed by atoms with Crippen molar-refractivity contribution in [1.82, 2.24) is 9.80 Å². The first-order valence-corrected chi connectivity index (χ1v) is 11.9. The van der Waals surface area contributed by atoms with E-state index in [1.807, 2.05) is 18.2 Å². The van der Waals surface area contributed by atoms with Crippen LogP contribution in [-0.2, 0) is 21.4 Å². The highest BCUT2D eigenvalue weighted by atomic mass is 32.2. The van der Waals surface area contributed by atoms with Crippen LogP contribution in [0.15, 0.2) is 54.6 Å². The molecule has 4 rings (SSSR count). The molecule has 0 aromatic heterocycles. The van der Waals surface area contributed by atoms with E-state index in [1.54, 1.807) is 36.1 Å². The molecule has 2 aromatic rings. The molecular formula is C22H27N3O4S. The fourth-order valence-corrected chi connectivity index (χ4v) is 5.05. The highest BCUT2D eigenvalue weighted by Gasteiger charge is 2.38. The number of hydrogen-bond acceptors (Lipinski definition) is 5. The van der Waals surface area contributed by atoms with Crippen LogP contribution < -0.4 is 9.04 Å². The number of para-hydroxylation sites is 2. The second kappa shape index (κ2) is 8.65. The fourth-order valence-electron chi connectivity index (χ4n) is 3.92. The van der Waals surface area contributed by atoms with Gasteiger partial charge in [-0.1, -0.05) is 42.5 Å². The molecule has 0 aliphatic carbocycles. The first kappa shape index (κ1) is 20.7. The number of anilines is 1. The van der Waals surface area contributed by atoms with Gasteiger partial charge in [0.1, 0.15) is 5.75 Å². The van der Waals surface area contributed by atoms with Gasteiger partial charge in [-0.05, 0) is 24.6 Å². The lowest BCUT2D eigenvalue weighted by atomic mass is 10.1. The third-order valence-electron chi connectivity index (χ3n) is 5.64. The minimum absolute atomic E-state index is 0.0102. The van der Waals surface area contributed by atoms with Crippen LogP contribution >= 0.6 is 0 Å². The van der Waals surface area contributed by atoms with Crippen LogP contribution in [0.2, 0.25) is 0 Å². The molecule has 0 N–H and O–H groups in total. The molecule has 160 valence electrons. The summed E-state index contributed by atoms with van der Waals surface area (Å²) in [6.45, 7) is 5.24. The summed E-state index contributed by atoms with van der Waals surface area (Å²) >= 11 is 0. The topological polar surface area (TPSA) is 70.2 Å². The third-order valence-corrected chi connectivity index (χ3v) is 7.39. The predicted octanol–water partition coefficient (Wildman–Crippen LogP) is 1.95. The molecule has 7 nitrogen and oxygen atoms in total. The second-order valence-corrected chi connectivity index (χ2v) is 9.77. The normalized spacial score (nSPS) is 19.8. The van der Waals surface area contributed by atoms with Crippen LogP contribution in [0.3, 0.4) is 0 Å². The van der Waals surface area contributed by atoms with Crippen molar-refractivity contribution in [3.8, 4) is 5.75 Å². The molecule has 2 aliphatic heterocycles. The molecule has 0 spiro atoms. The van der Waals surface area contributed by atoms with E-state index >= 15 is 0 Å². The summed E-state index contributed by atoms with van der Waals surface area (Å²) in [6, 6.07) is 17.3. The smallest absolute Gasteiger partial charge is 0.265 e. The summed E-state index contributed by atoms with van der Waals surface area (Å²) in [5.41, 5.74) is 1.75. The monoisotopic (exact) mass is 429 g/mol. The number of nitrogens with zero attached hydrogens (tertiary/aromatic N) is 3. The van der Waals surface area contributed by atoms with E-state index in [9.17, 15) is 13.2 Å². The summed E-state index contributed by atoms with van der Waals surface area (Å²) < 4.78 is 32.5. The van der Waals surface area contributed by atoms with E-state index in [4.69, 9.17) is 4.74 Å². The summed E-state index contributed by atoms with van der Waals surface area (Å²) in [7, 11) is -3.50. The van der Waals surface area contributed by atoms with E-state index in [2.05, 4.69) is 17.0 Å². The highest BCUT2D eigenvalue weighted by molar-refractivity contribution is 7.92. The largest absolute Gasteiger partial charge is 0.476 e. The molecule has 1 fully saturated rings. The molecule has 0 bridgehead atoms. The van der Waals surface area contributed by atoms with Crippen molar-refractivity contribution in [3.05, 3.63) is 60.2 Å². The second-order valence-electron chi connectivity index (χ2n) is 7.59. The molecule has 1 amide bonds. The van der Waals surface area contributed by atoms with Gasteiger partial charge in [0.2, 0.25) is 10.0 Å². The van der Waals surface area contributed by atoms with Gasteiger partial charge in [-0.15, -0.1) is 0 Å². The predicted molar refractivity (Wildman–Crippen MR) is 116 cm³/mol. The SMILES string of the molecule is CCS(=O)(=O)N1C[C@H](C(=O)N2CCN(Cc3ccccc3)CC2)Oc2ccccc21. The van der Waals surface area contributed by atoms with E-state index in [1.165, 1.54) is 9.87 Å². The van der Waals surface area contributed by atoms with Crippen LogP contribution in [0.25, 0.3) is 0 Å². The molecule has 0 saturated carbocycles. The number of hydrogen-bond donors (Lipinski definition) is 0. The minimum Gasteiger partial charge on any atom is -0.476 e. The van der Waals surface area contributed by atoms with Crippen molar-refractivity contribution < 1.29 is 17.9 Å². The Balaban J connectivity index is 1.43. The van der Waals surface area contributed by atoms with Crippen molar-refractivity contribution >= 4 is 21.6 Å². The molecule has 0 radical (unpaired) electrons. The Bertz CT molecular complexity index is 988. The Kier molecular flexibility index (Phi) is 5.97. The van der Waals surface area contributed by atoms with Crippen LogP contribution in [0.5, 0.6) is 5.75 Å². The summed E-state index contributed by atoms with van der Waals surface area (Å²) in [5, 5.41) is 0. The van der Waals surface area contributed by atoms with Crippen LogP contribution in [0, 0.1) is 0 Å². The molecule has 2 aromatic carbocycles. The maximum absolute atomic E-state index is 13.1. The summed E-state index contributed by atoms with van der Waals surface area (Å²) in [6.07, 6.45) is -0.832. The number of piperazine rings is 1. The van der Waals surface area contributed by atoms with Gasteiger partial charge in [0, 0.05) is 32.7 Å². The van der Waals surface area contributed by atoms with Gasteiger partial charge >= 0.3 is 0 Å². The maximum atomic E-state index is 13.1. The first-order valence-electron chi connectivity index (χ1n) is 10.3. The molecular weight excluding hydrogens is 402 g/mol. The molecule has 2 heterocycles. The minimum atomic E-state index is -3.50. The van der Waals surface area contributed by atoms with Gasteiger partial charge in [-0.3, -0.25) is 14.0 Å². The Morgan fingerprint density at radius 2 is 1.67 bits per heavy atom. The van der Waals surface area contributed by atoms with E-state index in [0.717, 1.165) is 19.6 Å². The quantitative estimate of drug-likeness (QED) is 0.727. The number of fused-ring (bicyclic) bond motifs is 1. The molecule has 1 atom stereocenters.